The summed E-state index contributed by atoms with van der Waals surface area (Å²) in [6, 6.07) is 8.47. The number of hydrogen-bond acceptors (Lipinski definition) is 3. The monoisotopic (exact) mass is 317 g/mol. The molecule has 0 saturated carbocycles. The van der Waals surface area contributed by atoms with Gasteiger partial charge in [0.25, 0.3) is 0 Å². The zero-order valence-corrected chi connectivity index (χ0v) is 13.9. The van der Waals surface area contributed by atoms with Crippen molar-refractivity contribution in [3.63, 3.8) is 0 Å². The van der Waals surface area contributed by atoms with Crippen molar-refractivity contribution < 1.29 is 14.6 Å². The van der Waals surface area contributed by atoms with E-state index in [-0.39, 0.29) is 17.7 Å². The number of hydrogen-bond donors (Lipinski definition) is 1. The van der Waals surface area contributed by atoms with Crippen molar-refractivity contribution in [3.05, 3.63) is 35.4 Å². The van der Waals surface area contributed by atoms with Crippen LogP contribution in [0, 0.1) is 18.8 Å². The number of β-amino-alcohol motifs (C(OH)–C–C–N with tert-alkyl or cyclic N) is 1. The fraction of sp³-hybridized carbons (Fsp3) is 0.632. The molecule has 0 spiro atoms. The number of amides is 1. The zero-order valence-electron chi connectivity index (χ0n) is 13.9. The van der Waals surface area contributed by atoms with Gasteiger partial charge in [-0.1, -0.05) is 29.8 Å². The maximum Gasteiger partial charge on any atom is 0.225 e. The van der Waals surface area contributed by atoms with Crippen LogP contribution in [0.2, 0.25) is 0 Å². The Morgan fingerprint density at radius 1 is 1.30 bits per heavy atom. The van der Waals surface area contributed by atoms with Gasteiger partial charge in [0.1, 0.15) is 0 Å². The summed E-state index contributed by atoms with van der Waals surface area (Å²) in [5.41, 5.74) is 2.53. The molecule has 23 heavy (non-hydrogen) atoms. The van der Waals surface area contributed by atoms with E-state index in [1.54, 1.807) is 0 Å². The molecular formula is C19H27NO3. The van der Waals surface area contributed by atoms with E-state index >= 15 is 0 Å². The average Bonchev–Trinajstić information content (AvgIpc) is 2.57. The highest BCUT2D eigenvalue weighted by Gasteiger charge is 2.33. The van der Waals surface area contributed by atoms with Crippen molar-refractivity contribution in [2.75, 3.05) is 26.3 Å². The maximum atomic E-state index is 12.6. The fourth-order valence-corrected chi connectivity index (χ4v) is 3.76. The van der Waals surface area contributed by atoms with Crippen molar-refractivity contribution in [3.8, 4) is 0 Å². The molecule has 4 nitrogen and oxygen atoms in total. The lowest BCUT2D eigenvalue weighted by atomic mass is 9.86. The van der Waals surface area contributed by atoms with Crippen LogP contribution in [-0.2, 0) is 16.0 Å². The standard InChI is InChI=1S/C19H27NO3/c1-14-3-2-4-15(11-14)12-17-5-8-20(13-18(17)21)19(22)16-6-9-23-10-7-16/h2-4,11,16-18,21H,5-10,12-13H2,1H3/t17-,18-/m1/s1. The van der Waals surface area contributed by atoms with Crippen LogP contribution in [0.15, 0.2) is 24.3 Å². The van der Waals surface area contributed by atoms with Gasteiger partial charge in [0, 0.05) is 32.2 Å². The topological polar surface area (TPSA) is 49.8 Å². The minimum absolute atomic E-state index is 0.0873. The summed E-state index contributed by atoms with van der Waals surface area (Å²) in [4.78, 5) is 14.4. The Hall–Kier alpha value is -1.39. The fourth-order valence-electron chi connectivity index (χ4n) is 3.76. The molecule has 1 amide bonds. The van der Waals surface area contributed by atoms with Crippen molar-refractivity contribution in [2.24, 2.45) is 11.8 Å². The molecule has 0 aromatic heterocycles. The predicted octanol–water partition coefficient (Wildman–Crippen LogP) is 2.17. The zero-order chi connectivity index (χ0) is 16.2. The molecule has 3 rings (SSSR count). The predicted molar refractivity (Wildman–Crippen MR) is 89.1 cm³/mol. The summed E-state index contributed by atoms with van der Waals surface area (Å²) in [5.74, 6) is 0.543. The number of carbonyl (C=O) groups excluding carboxylic acids is 1. The van der Waals surface area contributed by atoms with Gasteiger partial charge >= 0.3 is 0 Å². The van der Waals surface area contributed by atoms with Gasteiger partial charge in [0.2, 0.25) is 5.91 Å². The Morgan fingerprint density at radius 2 is 2.09 bits per heavy atom. The van der Waals surface area contributed by atoms with Crippen molar-refractivity contribution >= 4 is 5.91 Å². The van der Waals surface area contributed by atoms with Crippen LogP contribution in [0.3, 0.4) is 0 Å². The van der Waals surface area contributed by atoms with E-state index in [0.29, 0.717) is 19.8 Å². The maximum absolute atomic E-state index is 12.6. The number of ether oxygens (including phenoxy) is 1. The normalized spacial score (nSPS) is 26.3. The first-order chi connectivity index (χ1) is 11.1. The number of carbonyl (C=O) groups is 1. The summed E-state index contributed by atoms with van der Waals surface area (Å²) in [6.45, 7) is 4.71. The molecule has 2 aliphatic rings. The highest BCUT2D eigenvalue weighted by molar-refractivity contribution is 5.79. The smallest absolute Gasteiger partial charge is 0.225 e. The van der Waals surface area contributed by atoms with Crippen LogP contribution in [0.5, 0.6) is 0 Å². The van der Waals surface area contributed by atoms with Gasteiger partial charge in [0.05, 0.1) is 6.10 Å². The number of aliphatic hydroxyl groups is 1. The molecule has 1 aromatic carbocycles. The Labute approximate surface area is 138 Å². The van der Waals surface area contributed by atoms with Gasteiger partial charge in [-0.25, -0.2) is 0 Å². The molecule has 2 atom stereocenters. The van der Waals surface area contributed by atoms with E-state index in [0.717, 1.165) is 32.2 Å². The van der Waals surface area contributed by atoms with E-state index in [2.05, 4.69) is 31.2 Å². The Morgan fingerprint density at radius 3 is 2.78 bits per heavy atom. The van der Waals surface area contributed by atoms with E-state index in [4.69, 9.17) is 4.74 Å². The van der Waals surface area contributed by atoms with Gasteiger partial charge < -0.3 is 14.7 Å². The summed E-state index contributed by atoms with van der Waals surface area (Å²) < 4.78 is 5.33. The van der Waals surface area contributed by atoms with Crippen molar-refractivity contribution in [1.82, 2.24) is 4.90 Å². The first kappa shape index (κ1) is 16.5. The molecule has 0 aliphatic carbocycles. The van der Waals surface area contributed by atoms with Crippen LogP contribution in [-0.4, -0.2) is 48.3 Å². The van der Waals surface area contributed by atoms with Crippen LogP contribution in [0.4, 0.5) is 0 Å². The first-order valence-corrected chi connectivity index (χ1v) is 8.73. The van der Waals surface area contributed by atoms with Gasteiger partial charge in [-0.15, -0.1) is 0 Å². The molecule has 0 bridgehead atoms. The van der Waals surface area contributed by atoms with Crippen LogP contribution in [0.25, 0.3) is 0 Å². The Bertz CT molecular complexity index is 539. The third-order valence-electron chi connectivity index (χ3n) is 5.18. The highest BCUT2D eigenvalue weighted by atomic mass is 16.5. The number of aryl methyl sites for hydroxylation is 1. The number of nitrogens with zero attached hydrogens (tertiary/aromatic N) is 1. The van der Waals surface area contributed by atoms with Gasteiger partial charge in [-0.2, -0.15) is 0 Å². The first-order valence-electron chi connectivity index (χ1n) is 8.73. The second-order valence-electron chi connectivity index (χ2n) is 6.98. The third-order valence-corrected chi connectivity index (χ3v) is 5.18. The molecule has 1 N–H and O–H groups in total. The summed E-state index contributed by atoms with van der Waals surface area (Å²) >= 11 is 0. The van der Waals surface area contributed by atoms with Gasteiger partial charge in [-0.05, 0) is 44.1 Å². The largest absolute Gasteiger partial charge is 0.391 e. The number of likely N-dealkylation sites (tertiary alicyclic amines) is 1. The molecule has 0 unspecified atom stereocenters. The van der Waals surface area contributed by atoms with E-state index in [9.17, 15) is 9.90 Å². The molecule has 2 heterocycles. The molecule has 4 heteroatoms. The van der Waals surface area contributed by atoms with Crippen molar-refractivity contribution in [2.45, 2.75) is 38.7 Å². The molecule has 1 aromatic rings. The summed E-state index contributed by atoms with van der Waals surface area (Å²) in [6.07, 6.45) is 2.98. The molecule has 0 radical (unpaired) electrons. The van der Waals surface area contributed by atoms with Crippen LogP contribution >= 0.6 is 0 Å². The molecule has 2 saturated heterocycles. The molecular weight excluding hydrogens is 290 g/mol. The SMILES string of the molecule is Cc1cccc(C[C@H]2CCN(C(=O)C3CCOCC3)C[C@H]2O)c1. The second-order valence-corrected chi connectivity index (χ2v) is 6.98. The lowest BCUT2D eigenvalue weighted by Crippen LogP contribution is -2.49. The van der Waals surface area contributed by atoms with E-state index < -0.39 is 6.10 Å². The number of benzene rings is 1. The lowest BCUT2D eigenvalue weighted by Gasteiger charge is -2.38. The van der Waals surface area contributed by atoms with Crippen LogP contribution < -0.4 is 0 Å². The summed E-state index contributed by atoms with van der Waals surface area (Å²) in [5, 5.41) is 10.5. The molecule has 126 valence electrons. The third kappa shape index (κ3) is 4.12. The summed E-state index contributed by atoms with van der Waals surface area (Å²) in [7, 11) is 0. The molecule has 2 fully saturated rings. The second kappa shape index (κ2) is 7.45. The number of piperidine rings is 1. The quantitative estimate of drug-likeness (QED) is 0.929. The number of rotatable bonds is 3. The van der Waals surface area contributed by atoms with Gasteiger partial charge in [-0.3, -0.25) is 4.79 Å². The van der Waals surface area contributed by atoms with Gasteiger partial charge in [0.15, 0.2) is 0 Å². The highest BCUT2D eigenvalue weighted by Crippen LogP contribution is 2.25. The minimum Gasteiger partial charge on any atom is -0.391 e. The Balaban J connectivity index is 1.55. The van der Waals surface area contributed by atoms with Crippen molar-refractivity contribution in [1.29, 1.82) is 0 Å². The van der Waals surface area contributed by atoms with Crippen LogP contribution in [0.1, 0.15) is 30.4 Å². The van der Waals surface area contributed by atoms with E-state index in [1.165, 1.54) is 11.1 Å². The lowest BCUT2D eigenvalue weighted by molar-refractivity contribution is -0.143. The average molecular weight is 317 g/mol. The number of aliphatic hydroxyl groups excluding tert-OH is 1. The molecule has 2 aliphatic heterocycles. The van der Waals surface area contributed by atoms with E-state index in [1.807, 2.05) is 4.90 Å². The Kier molecular flexibility index (Phi) is 5.34. The minimum atomic E-state index is -0.423.